The summed E-state index contributed by atoms with van der Waals surface area (Å²) in [7, 11) is 0. The predicted molar refractivity (Wildman–Crippen MR) is 104 cm³/mol. The zero-order valence-electron chi connectivity index (χ0n) is 16.6. The molecule has 1 N–H and O–H groups in total. The summed E-state index contributed by atoms with van der Waals surface area (Å²) in [6.07, 6.45) is -0.899. The summed E-state index contributed by atoms with van der Waals surface area (Å²) < 4.78 is 15.9. The van der Waals surface area contributed by atoms with Crippen molar-refractivity contribution in [3.63, 3.8) is 0 Å². The molecule has 1 amide bonds. The lowest BCUT2D eigenvalue weighted by molar-refractivity contribution is -0.129. The van der Waals surface area contributed by atoms with Crippen molar-refractivity contribution >= 4 is 11.9 Å². The van der Waals surface area contributed by atoms with Crippen LogP contribution in [0.2, 0.25) is 0 Å². The lowest BCUT2D eigenvalue weighted by atomic mass is 9.87. The Labute approximate surface area is 164 Å². The number of fused-ring (bicyclic) bond motifs is 1. The number of nitrogens with one attached hydrogen (secondary N) is 1. The van der Waals surface area contributed by atoms with Gasteiger partial charge < -0.3 is 19.5 Å². The molecule has 28 heavy (non-hydrogen) atoms. The molecule has 0 aromatic heterocycles. The third-order valence-corrected chi connectivity index (χ3v) is 4.54. The van der Waals surface area contributed by atoms with Crippen molar-refractivity contribution in [2.24, 2.45) is 0 Å². The highest BCUT2D eigenvalue weighted by Crippen LogP contribution is 2.32. The fourth-order valence-corrected chi connectivity index (χ4v) is 2.77. The van der Waals surface area contributed by atoms with E-state index in [-0.39, 0.29) is 18.1 Å². The van der Waals surface area contributed by atoms with Gasteiger partial charge >= 0.3 is 5.97 Å². The lowest BCUT2D eigenvalue weighted by Crippen LogP contribution is -2.35. The Kier molecular flexibility index (Phi) is 5.58. The number of benzene rings is 2. The molecule has 0 aliphatic carbocycles. The van der Waals surface area contributed by atoms with Gasteiger partial charge in [0.25, 0.3) is 5.91 Å². The van der Waals surface area contributed by atoms with Crippen molar-refractivity contribution in [1.82, 2.24) is 5.32 Å². The second-order valence-corrected chi connectivity index (χ2v) is 7.78. The third kappa shape index (κ3) is 4.63. The molecule has 0 unspecified atom stereocenters. The van der Waals surface area contributed by atoms with E-state index in [4.69, 9.17) is 14.2 Å². The molecular weight excluding hydrogens is 358 g/mol. The Morgan fingerprint density at radius 1 is 1.07 bits per heavy atom. The van der Waals surface area contributed by atoms with E-state index >= 15 is 0 Å². The summed E-state index contributed by atoms with van der Waals surface area (Å²) >= 11 is 0. The second-order valence-electron chi connectivity index (χ2n) is 7.78. The molecule has 1 aliphatic rings. The molecule has 0 spiro atoms. The minimum absolute atomic E-state index is 0.00430. The molecule has 1 atom stereocenters. The number of amides is 1. The van der Waals surface area contributed by atoms with Gasteiger partial charge in [0.2, 0.25) is 6.79 Å². The molecule has 6 nitrogen and oxygen atoms in total. The zero-order chi connectivity index (χ0) is 20.3. The molecule has 0 bridgehead atoms. The minimum atomic E-state index is -0.899. The summed E-state index contributed by atoms with van der Waals surface area (Å²) in [5.41, 5.74) is 2.42. The first-order valence-electron chi connectivity index (χ1n) is 9.22. The summed E-state index contributed by atoms with van der Waals surface area (Å²) in [6.45, 7) is 8.37. The van der Waals surface area contributed by atoms with Crippen LogP contribution < -0.4 is 14.8 Å². The normalized spacial score (nSPS) is 13.7. The van der Waals surface area contributed by atoms with Crippen LogP contribution in [0.4, 0.5) is 0 Å². The molecule has 6 heteroatoms. The molecule has 3 rings (SSSR count). The topological polar surface area (TPSA) is 73.9 Å². The number of hydrogen-bond acceptors (Lipinski definition) is 5. The SMILES string of the molecule is C[C@@H](OC(=O)c1ccc(C(C)(C)C)cc1)C(=O)NCc1ccc2c(c1)OCO2. The third-order valence-electron chi connectivity index (χ3n) is 4.54. The fraction of sp³-hybridized carbons (Fsp3) is 0.364. The summed E-state index contributed by atoms with van der Waals surface area (Å²) in [4.78, 5) is 24.5. The van der Waals surface area contributed by atoms with E-state index in [1.807, 2.05) is 24.3 Å². The maximum atomic E-state index is 12.3. The van der Waals surface area contributed by atoms with Gasteiger partial charge in [-0.1, -0.05) is 39.0 Å². The monoisotopic (exact) mass is 383 g/mol. The highest BCUT2D eigenvalue weighted by atomic mass is 16.7. The number of rotatable bonds is 5. The molecule has 148 valence electrons. The molecule has 0 radical (unpaired) electrons. The quantitative estimate of drug-likeness (QED) is 0.799. The largest absolute Gasteiger partial charge is 0.454 e. The first-order valence-corrected chi connectivity index (χ1v) is 9.22. The first kappa shape index (κ1) is 19.7. The Balaban J connectivity index is 1.52. The van der Waals surface area contributed by atoms with Crippen molar-refractivity contribution in [2.75, 3.05) is 6.79 Å². The standard InChI is InChI=1S/C22H25NO5/c1-14(28-21(25)16-6-8-17(9-7-16)22(2,3)4)20(24)23-12-15-5-10-18-19(11-15)27-13-26-18/h5-11,14H,12-13H2,1-4H3,(H,23,24)/t14-/m1/s1. The van der Waals surface area contributed by atoms with Crippen LogP contribution >= 0.6 is 0 Å². The minimum Gasteiger partial charge on any atom is -0.454 e. The van der Waals surface area contributed by atoms with Crippen molar-refractivity contribution in [3.8, 4) is 11.5 Å². The molecule has 0 saturated heterocycles. The smallest absolute Gasteiger partial charge is 0.338 e. The number of hydrogen-bond donors (Lipinski definition) is 1. The van der Waals surface area contributed by atoms with E-state index in [1.54, 1.807) is 25.1 Å². The maximum absolute atomic E-state index is 12.3. The van der Waals surface area contributed by atoms with Gasteiger partial charge in [0, 0.05) is 6.54 Å². The highest BCUT2D eigenvalue weighted by Gasteiger charge is 2.20. The van der Waals surface area contributed by atoms with Crippen LogP contribution in [0.5, 0.6) is 11.5 Å². The molecule has 2 aromatic carbocycles. The van der Waals surface area contributed by atoms with Crippen LogP contribution in [0.15, 0.2) is 42.5 Å². The Morgan fingerprint density at radius 3 is 2.43 bits per heavy atom. The van der Waals surface area contributed by atoms with Gasteiger partial charge in [-0.25, -0.2) is 4.79 Å². The zero-order valence-corrected chi connectivity index (χ0v) is 16.6. The van der Waals surface area contributed by atoms with Crippen molar-refractivity contribution in [3.05, 3.63) is 59.2 Å². The number of carbonyl (C=O) groups is 2. The van der Waals surface area contributed by atoms with E-state index in [9.17, 15) is 9.59 Å². The second kappa shape index (κ2) is 7.92. The van der Waals surface area contributed by atoms with E-state index in [0.29, 0.717) is 23.6 Å². The van der Waals surface area contributed by atoms with E-state index in [0.717, 1.165) is 11.1 Å². The van der Waals surface area contributed by atoms with Crippen molar-refractivity contribution < 1.29 is 23.8 Å². The molecule has 0 fully saturated rings. The van der Waals surface area contributed by atoms with Gasteiger partial charge in [-0.3, -0.25) is 4.79 Å². The van der Waals surface area contributed by atoms with Crippen molar-refractivity contribution in [1.29, 1.82) is 0 Å². The van der Waals surface area contributed by atoms with Crippen LogP contribution in [-0.2, 0) is 21.5 Å². The molecule has 2 aromatic rings. The number of esters is 1. The van der Waals surface area contributed by atoms with Crippen LogP contribution in [0.3, 0.4) is 0 Å². The van der Waals surface area contributed by atoms with Crippen LogP contribution in [-0.4, -0.2) is 24.8 Å². The first-order chi connectivity index (χ1) is 13.2. The average molecular weight is 383 g/mol. The van der Waals surface area contributed by atoms with E-state index in [2.05, 4.69) is 26.1 Å². The average Bonchev–Trinajstić information content (AvgIpc) is 3.13. The van der Waals surface area contributed by atoms with Gasteiger partial charge in [0.1, 0.15) is 0 Å². The molecule has 0 saturated carbocycles. The van der Waals surface area contributed by atoms with E-state index in [1.165, 1.54) is 0 Å². The Bertz CT molecular complexity index is 867. The number of ether oxygens (including phenoxy) is 3. The Morgan fingerprint density at radius 2 is 1.75 bits per heavy atom. The summed E-state index contributed by atoms with van der Waals surface area (Å²) in [5.74, 6) is 0.461. The van der Waals surface area contributed by atoms with Gasteiger partial charge in [-0.05, 0) is 47.7 Å². The highest BCUT2D eigenvalue weighted by molar-refractivity contribution is 5.92. The van der Waals surface area contributed by atoms with Gasteiger partial charge in [-0.15, -0.1) is 0 Å². The molecular formula is C22H25NO5. The van der Waals surface area contributed by atoms with Crippen LogP contribution in [0, 0.1) is 0 Å². The maximum Gasteiger partial charge on any atom is 0.338 e. The molecule has 1 heterocycles. The fourth-order valence-electron chi connectivity index (χ4n) is 2.77. The lowest BCUT2D eigenvalue weighted by Gasteiger charge is -2.19. The Hall–Kier alpha value is -3.02. The predicted octanol–water partition coefficient (Wildman–Crippen LogP) is 3.57. The van der Waals surface area contributed by atoms with Crippen molar-refractivity contribution in [2.45, 2.75) is 45.8 Å². The van der Waals surface area contributed by atoms with E-state index < -0.39 is 12.1 Å². The van der Waals surface area contributed by atoms with Gasteiger partial charge in [-0.2, -0.15) is 0 Å². The number of carbonyl (C=O) groups excluding carboxylic acids is 2. The van der Waals surface area contributed by atoms with Gasteiger partial charge in [0.15, 0.2) is 17.6 Å². The molecule has 1 aliphatic heterocycles. The summed E-state index contributed by atoms with van der Waals surface area (Å²) in [5, 5.41) is 2.76. The summed E-state index contributed by atoms with van der Waals surface area (Å²) in [6, 6.07) is 12.7. The van der Waals surface area contributed by atoms with Gasteiger partial charge in [0.05, 0.1) is 5.56 Å². The van der Waals surface area contributed by atoms with Crippen LogP contribution in [0.25, 0.3) is 0 Å². The van der Waals surface area contributed by atoms with Crippen LogP contribution in [0.1, 0.15) is 49.2 Å².